The van der Waals surface area contributed by atoms with Gasteiger partial charge >= 0.3 is 12.3 Å². The van der Waals surface area contributed by atoms with E-state index in [4.69, 9.17) is 9.47 Å². The van der Waals surface area contributed by atoms with Gasteiger partial charge in [0.1, 0.15) is 22.9 Å². The number of methoxy groups -OCH3 is 1. The topological polar surface area (TPSA) is 92.8 Å². The first-order valence-electron chi connectivity index (χ1n) is 13.4. The van der Waals surface area contributed by atoms with Gasteiger partial charge in [0.05, 0.1) is 13.0 Å². The number of carbonyl (C=O) groups is 2. The Labute approximate surface area is 233 Å². The summed E-state index contributed by atoms with van der Waals surface area (Å²) in [4.78, 5) is 30.9. The Morgan fingerprint density at radius 2 is 1.68 bits per heavy atom. The molecule has 0 bridgehead atoms. The van der Waals surface area contributed by atoms with Crippen LogP contribution in [0.4, 0.5) is 23.8 Å². The van der Waals surface area contributed by atoms with Crippen LogP contribution in [-0.2, 0) is 28.8 Å². The number of halogens is 3. The summed E-state index contributed by atoms with van der Waals surface area (Å²) in [5.41, 5.74) is 0.360. The highest BCUT2D eigenvalue weighted by Gasteiger charge is 2.34. The minimum Gasteiger partial charge on any atom is -0.496 e. The van der Waals surface area contributed by atoms with E-state index in [1.807, 2.05) is 4.90 Å². The Bertz CT molecular complexity index is 1190. The Morgan fingerprint density at radius 1 is 1.05 bits per heavy atom. The van der Waals surface area contributed by atoms with E-state index >= 15 is 0 Å². The standard InChI is InChI=1S/C29H39F3N4O4/c1-18-11-13-36(14-12-18)25-22(9-10-24(35-25)29(30,31)32)17-33-26(37)19(2)20-7-8-21(23(15-20)39-6)16-34-27(38)40-28(3,4)5/h7-10,15,18-19H,11-14,16-17H2,1-6H3,(H,33,37)(H,34,38). The van der Waals surface area contributed by atoms with E-state index in [1.165, 1.54) is 13.2 Å². The Balaban J connectivity index is 1.70. The van der Waals surface area contributed by atoms with E-state index in [9.17, 15) is 22.8 Å². The molecular weight excluding hydrogens is 525 g/mol. The first kappa shape index (κ1) is 31.0. The Morgan fingerprint density at radius 3 is 2.27 bits per heavy atom. The maximum absolute atomic E-state index is 13.4. The van der Waals surface area contributed by atoms with Crippen molar-refractivity contribution >= 4 is 17.8 Å². The van der Waals surface area contributed by atoms with Gasteiger partial charge in [-0.05, 0) is 64.2 Å². The van der Waals surface area contributed by atoms with Crippen molar-refractivity contribution in [3.8, 4) is 5.75 Å². The maximum atomic E-state index is 13.4. The van der Waals surface area contributed by atoms with Gasteiger partial charge in [-0.1, -0.05) is 25.1 Å². The predicted molar refractivity (Wildman–Crippen MR) is 146 cm³/mol. The van der Waals surface area contributed by atoms with Gasteiger partial charge in [0, 0.05) is 37.3 Å². The molecule has 1 atom stereocenters. The van der Waals surface area contributed by atoms with Crippen LogP contribution in [0.25, 0.3) is 0 Å². The van der Waals surface area contributed by atoms with Crippen LogP contribution < -0.4 is 20.3 Å². The number of carbonyl (C=O) groups excluding carboxylic acids is 2. The monoisotopic (exact) mass is 564 g/mol. The van der Waals surface area contributed by atoms with Crippen LogP contribution in [0.3, 0.4) is 0 Å². The van der Waals surface area contributed by atoms with Gasteiger partial charge in [-0.3, -0.25) is 4.79 Å². The summed E-state index contributed by atoms with van der Waals surface area (Å²) in [6, 6.07) is 7.62. The minimum absolute atomic E-state index is 0.0464. The van der Waals surface area contributed by atoms with Crippen LogP contribution in [-0.4, -0.2) is 42.8 Å². The number of amides is 2. The number of ether oxygens (including phenoxy) is 2. The van der Waals surface area contributed by atoms with Gasteiger partial charge in [0.25, 0.3) is 0 Å². The molecule has 2 N–H and O–H groups in total. The fraction of sp³-hybridized carbons (Fsp3) is 0.552. The number of alkyl carbamates (subject to hydrolysis) is 1. The molecule has 0 saturated carbocycles. The molecule has 0 spiro atoms. The number of anilines is 1. The van der Waals surface area contributed by atoms with Crippen LogP contribution in [0.2, 0.25) is 0 Å². The first-order chi connectivity index (χ1) is 18.7. The summed E-state index contributed by atoms with van der Waals surface area (Å²) >= 11 is 0. The lowest BCUT2D eigenvalue weighted by molar-refractivity contribution is -0.141. The van der Waals surface area contributed by atoms with E-state index in [0.29, 0.717) is 41.4 Å². The first-order valence-corrected chi connectivity index (χ1v) is 13.4. The van der Waals surface area contributed by atoms with Crippen molar-refractivity contribution in [3.63, 3.8) is 0 Å². The number of nitrogens with zero attached hydrogens (tertiary/aromatic N) is 2. The molecule has 0 radical (unpaired) electrons. The number of piperidine rings is 1. The molecular formula is C29H39F3N4O4. The van der Waals surface area contributed by atoms with Crippen molar-refractivity contribution in [1.29, 1.82) is 0 Å². The molecule has 1 fully saturated rings. The highest BCUT2D eigenvalue weighted by molar-refractivity contribution is 5.83. The molecule has 0 aliphatic carbocycles. The molecule has 1 aromatic heterocycles. The van der Waals surface area contributed by atoms with Crippen LogP contribution in [0.1, 0.15) is 75.8 Å². The average molecular weight is 565 g/mol. The van der Waals surface area contributed by atoms with Crippen molar-refractivity contribution in [1.82, 2.24) is 15.6 Å². The normalized spacial score (nSPS) is 15.4. The lowest BCUT2D eigenvalue weighted by Gasteiger charge is -2.33. The molecule has 2 heterocycles. The third-order valence-electron chi connectivity index (χ3n) is 6.81. The summed E-state index contributed by atoms with van der Waals surface area (Å²) in [6.07, 6.45) is -3.37. The van der Waals surface area contributed by atoms with Crippen molar-refractivity contribution in [2.75, 3.05) is 25.1 Å². The SMILES string of the molecule is COc1cc(C(C)C(=O)NCc2ccc(C(F)(F)F)nc2N2CCC(C)CC2)ccc1CNC(=O)OC(C)(C)C. The van der Waals surface area contributed by atoms with E-state index in [1.54, 1.807) is 45.9 Å². The lowest BCUT2D eigenvalue weighted by Crippen LogP contribution is -2.35. The van der Waals surface area contributed by atoms with E-state index in [-0.39, 0.29) is 24.8 Å². The van der Waals surface area contributed by atoms with Crippen LogP contribution in [0.15, 0.2) is 30.3 Å². The van der Waals surface area contributed by atoms with Gasteiger partial charge in [-0.25, -0.2) is 9.78 Å². The Kier molecular flexibility index (Phi) is 9.92. The second-order valence-electron chi connectivity index (χ2n) is 11.2. The summed E-state index contributed by atoms with van der Waals surface area (Å²) in [6.45, 7) is 10.6. The Hall–Kier alpha value is -3.50. The molecule has 1 aliphatic rings. The van der Waals surface area contributed by atoms with Crippen LogP contribution in [0.5, 0.6) is 5.75 Å². The van der Waals surface area contributed by atoms with Crippen LogP contribution >= 0.6 is 0 Å². The number of hydrogen-bond donors (Lipinski definition) is 2. The molecule has 1 aliphatic heterocycles. The summed E-state index contributed by atoms with van der Waals surface area (Å²) in [5.74, 6) is 0.408. The molecule has 220 valence electrons. The van der Waals surface area contributed by atoms with Crippen LogP contribution in [0, 0.1) is 5.92 Å². The van der Waals surface area contributed by atoms with E-state index < -0.39 is 29.5 Å². The van der Waals surface area contributed by atoms with Crippen molar-refractivity contribution in [2.24, 2.45) is 5.92 Å². The predicted octanol–water partition coefficient (Wildman–Crippen LogP) is 5.79. The van der Waals surface area contributed by atoms with Gasteiger partial charge < -0.3 is 25.0 Å². The molecule has 40 heavy (non-hydrogen) atoms. The van der Waals surface area contributed by atoms with E-state index in [2.05, 4.69) is 22.5 Å². The third-order valence-corrected chi connectivity index (χ3v) is 6.81. The smallest absolute Gasteiger partial charge is 0.433 e. The summed E-state index contributed by atoms with van der Waals surface area (Å²) in [7, 11) is 1.50. The average Bonchev–Trinajstić information content (AvgIpc) is 2.89. The van der Waals surface area contributed by atoms with Gasteiger partial charge in [0.2, 0.25) is 5.91 Å². The number of benzene rings is 1. The highest BCUT2D eigenvalue weighted by Crippen LogP contribution is 2.32. The zero-order valence-corrected chi connectivity index (χ0v) is 23.9. The third kappa shape index (κ3) is 8.50. The molecule has 2 amide bonds. The molecule has 1 saturated heterocycles. The zero-order chi connectivity index (χ0) is 29.7. The molecule has 8 nitrogen and oxygen atoms in total. The number of rotatable bonds is 8. The lowest BCUT2D eigenvalue weighted by atomic mass is 9.97. The molecule has 1 aromatic carbocycles. The fourth-order valence-electron chi connectivity index (χ4n) is 4.41. The number of aromatic nitrogens is 1. The summed E-state index contributed by atoms with van der Waals surface area (Å²) < 4.78 is 50.9. The summed E-state index contributed by atoms with van der Waals surface area (Å²) in [5, 5.41) is 5.54. The molecule has 11 heteroatoms. The van der Waals surface area contributed by atoms with Gasteiger partial charge in [0.15, 0.2) is 0 Å². The van der Waals surface area contributed by atoms with Crippen molar-refractivity contribution in [3.05, 3.63) is 52.7 Å². The van der Waals surface area contributed by atoms with Crippen molar-refractivity contribution < 1.29 is 32.2 Å². The molecule has 2 aromatic rings. The van der Waals surface area contributed by atoms with E-state index in [0.717, 1.165) is 18.9 Å². The molecule has 1 unspecified atom stereocenters. The number of hydrogen-bond acceptors (Lipinski definition) is 6. The second-order valence-corrected chi connectivity index (χ2v) is 11.2. The van der Waals surface area contributed by atoms with Crippen molar-refractivity contribution in [2.45, 2.75) is 78.2 Å². The fourth-order valence-corrected chi connectivity index (χ4v) is 4.41. The minimum atomic E-state index is -4.55. The maximum Gasteiger partial charge on any atom is 0.433 e. The highest BCUT2D eigenvalue weighted by atomic mass is 19.4. The quantitative estimate of drug-likeness (QED) is 0.422. The largest absolute Gasteiger partial charge is 0.496 e. The van der Waals surface area contributed by atoms with Gasteiger partial charge in [-0.2, -0.15) is 13.2 Å². The second kappa shape index (κ2) is 12.8. The number of pyridine rings is 1. The number of nitrogens with one attached hydrogen (secondary N) is 2. The zero-order valence-electron chi connectivity index (χ0n) is 23.9. The number of alkyl halides is 3. The molecule has 3 rings (SSSR count). The van der Waals surface area contributed by atoms with Gasteiger partial charge in [-0.15, -0.1) is 0 Å².